The Morgan fingerprint density at radius 3 is 3.00 bits per heavy atom. The molecule has 0 bridgehead atoms. The number of nitrogens with one attached hydrogen (secondary N) is 2. The molecule has 1 saturated carbocycles. The Balaban J connectivity index is 1.95. The molecule has 1 aromatic heterocycles. The van der Waals surface area contributed by atoms with E-state index in [9.17, 15) is 4.79 Å². The highest BCUT2D eigenvalue weighted by molar-refractivity contribution is 5.81. The molecule has 1 amide bonds. The lowest BCUT2D eigenvalue weighted by Gasteiger charge is -2.08. The highest BCUT2D eigenvalue weighted by Crippen LogP contribution is 2.18. The maximum atomic E-state index is 11.5. The SMILES string of the molecule is Cc1ccc(C#N)c(NCC(=O)NC2CC2)n1. The van der Waals surface area contributed by atoms with Crippen LogP contribution in [0.15, 0.2) is 12.1 Å². The minimum absolute atomic E-state index is 0.0558. The van der Waals surface area contributed by atoms with Crippen LogP contribution in [0, 0.1) is 18.3 Å². The van der Waals surface area contributed by atoms with Crippen molar-refractivity contribution in [2.75, 3.05) is 11.9 Å². The van der Waals surface area contributed by atoms with Crippen LogP contribution in [0.2, 0.25) is 0 Å². The normalized spacial score (nSPS) is 13.9. The number of aromatic nitrogens is 1. The summed E-state index contributed by atoms with van der Waals surface area (Å²) < 4.78 is 0. The molecule has 1 aliphatic rings. The van der Waals surface area contributed by atoms with Crippen LogP contribution in [0.4, 0.5) is 5.82 Å². The predicted molar refractivity (Wildman–Crippen MR) is 63.3 cm³/mol. The second-order valence-electron chi connectivity index (χ2n) is 4.16. The quantitative estimate of drug-likeness (QED) is 0.807. The summed E-state index contributed by atoms with van der Waals surface area (Å²) >= 11 is 0. The van der Waals surface area contributed by atoms with Crippen LogP contribution in [0.5, 0.6) is 0 Å². The van der Waals surface area contributed by atoms with Crippen molar-refractivity contribution in [2.24, 2.45) is 0 Å². The Labute approximate surface area is 99.9 Å². The fraction of sp³-hybridized carbons (Fsp3) is 0.417. The molecule has 1 heterocycles. The van der Waals surface area contributed by atoms with E-state index in [0.717, 1.165) is 18.5 Å². The Morgan fingerprint density at radius 1 is 1.59 bits per heavy atom. The maximum Gasteiger partial charge on any atom is 0.239 e. The summed E-state index contributed by atoms with van der Waals surface area (Å²) in [5.41, 5.74) is 1.27. The summed E-state index contributed by atoms with van der Waals surface area (Å²) in [6.07, 6.45) is 2.13. The number of carbonyl (C=O) groups is 1. The third kappa shape index (κ3) is 3.18. The Bertz CT molecular complexity index is 474. The lowest BCUT2D eigenvalue weighted by atomic mass is 10.2. The molecule has 2 rings (SSSR count). The van der Waals surface area contributed by atoms with Gasteiger partial charge in [-0.2, -0.15) is 5.26 Å². The number of nitrogens with zero attached hydrogens (tertiary/aromatic N) is 2. The van der Waals surface area contributed by atoms with Crippen molar-refractivity contribution in [3.05, 3.63) is 23.4 Å². The molecule has 0 spiro atoms. The van der Waals surface area contributed by atoms with Crippen LogP contribution >= 0.6 is 0 Å². The van der Waals surface area contributed by atoms with Gasteiger partial charge < -0.3 is 10.6 Å². The summed E-state index contributed by atoms with van der Waals surface area (Å²) in [5, 5.41) is 14.7. The fourth-order valence-electron chi connectivity index (χ4n) is 1.45. The first-order valence-corrected chi connectivity index (χ1v) is 5.60. The van der Waals surface area contributed by atoms with Gasteiger partial charge in [0, 0.05) is 11.7 Å². The van der Waals surface area contributed by atoms with Crippen molar-refractivity contribution in [2.45, 2.75) is 25.8 Å². The number of nitriles is 1. The summed E-state index contributed by atoms with van der Waals surface area (Å²) in [4.78, 5) is 15.7. The van der Waals surface area contributed by atoms with Gasteiger partial charge in [-0.3, -0.25) is 4.79 Å². The monoisotopic (exact) mass is 230 g/mol. The van der Waals surface area contributed by atoms with Gasteiger partial charge in [0.05, 0.1) is 12.1 Å². The van der Waals surface area contributed by atoms with Gasteiger partial charge in [0.15, 0.2) is 0 Å². The minimum Gasteiger partial charge on any atom is -0.360 e. The van der Waals surface area contributed by atoms with Crippen molar-refractivity contribution in [1.82, 2.24) is 10.3 Å². The average molecular weight is 230 g/mol. The van der Waals surface area contributed by atoms with Gasteiger partial charge in [-0.15, -0.1) is 0 Å². The number of aryl methyl sites for hydroxylation is 1. The molecule has 0 unspecified atom stereocenters. The van der Waals surface area contributed by atoms with Crippen LogP contribution in [-0.2, 0) is 4.79 Å². The third-order valence-corrected chi connectivity index (χ3v) is 2.51. The Hall–Kier alpha value is -2.09. The zero-order chi connectivity index (χ0) is 12.3. The molecule has 1 aliphatic carbocycles. The van der Waals surface area contributed by atoms with Crippen molar-refractivity contribution in [1.29, 1.82) is 5.26 Å². The first-order chi connectivity index (χ1) is 8.19. The molecule has 5 heteroatoms. The lowest BCUT2D eigenvalue weighted by molar-refractivity contribution is -0.119. The Kier molecular flexibility index (Phi) is 3.24. The molecule has 1 fully saturated rings. The smallest absolute Gasteiger partial charge is 0.239 e. The second-order valence-corrected chi connectivity index (χ2v) is 4.16. The van der Waals surface area contributed by atoms with E-state index in [1.54, 1.807) is 12.1 Å². The van der Waals surface area contributed by atoms with E-state index in [2.05, 4.69) is 15.6 Å². The average Bonchev–Trinajstić information content (AvgIpc) is 3.10. The molecule has 88 valence electrons. The topological polar surface area (TPSA) is 77.8 Å². The van der Waals surface area contributed by atoms with E-state index in [1.165, 1.54) is 0 Å². The van der Waals surface area contributed by atoms with Gasteiger partial charge in [-0.05, 0) is 31.9 Å². The minimum atomic E-state index is -0.0558. The standard InChI is InChI=1S/C12H14N4O/c1-8-2-3-9(6-13)12(15-8)14-7-11(17)16-10-4-5-10/h2-3,10H,4-5,7H2,1H3,(H,14,15)(H,16,17). The van der Waals surface area contributed by atoms with E-state index in [-0.39, 0.29) is 12.5 Å². The summed E-state index contributed by atoms with van der Waals surface area (Å²) in [6, 6.07) is 5.86. The van der Waals surface area contributed by atoms with Crippen molar-refractivity contribution < 1.29 is 4.79 Å². The molecular weight excluding hydrogens is 216 g/mol. The molecule has 1 aromatic rings. The van der Waals surface area contributed by atoms with E-state index < -0.39 is 0 Å². The van der Waals surface area contributed by atoms with Crippen molar-refractivity contribution in [3.8, 4) is 6.07 Å². The first-order valence-electron chi connectivity index (χ1n) is 5.60. The largest absolute Gasteiger partial charge is 0.360 e. The molecule has 0 radical (unpaired) electrons. The summed E-state index contributed by atoms with van der Waals surface area (Å²) in [5.74, 6) is 0.415. The highest BCUT2D eigenvalue weighted by atomic mass is 16.2. The fourth-order valence-corrected chi connectivity index (χ4v) is 1.45. The van der Waals surface area contributed by atoms with E-state index in [1.807, 2.05) is 13.0 Å². The lowest BCUT2D eigenvalue weighted by Crippen LogP contribution is -2.31. The van der Waals surface area contributed by atoms with Gasteiger partial charge >= 0.3 is 0 Å². The summed E-state index contributed by atoms with van der Waals surface area (Å²) in [6.45, 7) is 2.00. The van der Waals surface area contributed by atoms with Crippen LogP contribution in [-0.4, -0.2) is 23.5 Å². The molecule has 5 nitrogen and oxygen atoms in total. The molecule has 0 atom stereocenters. The number of hydrogen-bond donors (Lipinski definition) is 2. The van der Waals surface area contributed by atoms with E-state index in [4.69, 9.17) is 5.26 Å². The molecule has 2 N–H and O–H groups in total. The van der Waals surface area contributed by atoms with E-state index >= 15 is 0 Å². The van der Waals surface area contributed by atoms with Gasteiger partial charge in [-0.1, -0.05) is 0 Å². The van der Waals surface area contributed by atoms with Crippen molar-refractivity contribution >= 4 is 11.7 Å². The zero-order valence-corrected chi connectivity index (χ0v) is 9.66. The highest BCUT2D eigenvalue weighted by Gasteiger charge is 2.22. The molecule has 0 saturated heterocycles. The van der Waals surface area contributed by atoms with E-state index in [0.29, 0.717) is 17.4 Å². The predicted octanol–water partition coefficient (Wildman–Crippen LogP) is 0.952. The maximum absolute atomic E-state index is 11.5. The van der Waals surface area contributed by atoms with Crippen LogP contribution in [0.1, 0.15) is 24.1 Å². The number of carbonyl (C=O) groups excluding carboxylic acids is 1. The number of pyridine rings is 1. The zero-order valence-electron chi connectivity index (χ0n) is 9.66. The third-order valence-electron chi connectivity index (χ3n) is 2.51. The second kappa shape index (κ2) is 4.83. The van der Waals surface area contributed by atoms with Crippen LogP contribution in [0.25, 0.3) is 0 Å². The Morgan fingerprint density at radius 2 is 2.35 bits per heavy atom. The summed E-state index contributed by atoms with van der Waals surface area (Å²) in [7, 11) is 0. The number of amides is 1. The molecule has 17 heavy (non-hydrogen) atoms. The van der Waals surface area contributed by atoms with Gasteiger partial charge in [0.25, 0.3) is 0 Å². The van der Waals surface area contributed by atoms with Gasteiger partial charge in [-0.25, -0.2) is 4.98 Å². The van der Waals surface area contributed by atoms with Crippen molar-refractivity contribution in [3.63, 3.8) is 0 Å². The van der Waals surface area contributed by atoms with Crippen LogP contribution in [0.3, 0.4) is 0 Å². The molecule has 0 aliphatic heterocycles. The molecule has 0 aromatic carbocycles. The number of rotatable bonds is 4. The van der Waals surface area contributed by atoms with Gasteiger partial charge in [0.2, 0.25) is 5.91 Å². The number of anilines is 1. The number of hydrogen-bond acceptors (Lipinski definition) is 4. The molecular formula is C12H14N4O. The first kappa shape index (κ1) is 11.4. The van der Waals surface area contributed by atoms with Crippen LogP contribution < -0.4 is 10.6 Å². The van der Waals surface area contributed by atoms with Gasteiger partial charge in [0.1, 0.15) is 11.9 Å².